The van der Waals surface area contributed by atoms with Crippen LogP contribution in [0.4, 0.5) is 5.95 Å². The zero-order chi connectivity index (χ0) is 11.4. The van der Waals surface area contributed by atoms with E-state index in [0.717, 1.165) is 23.8 Å². The standard InChI is InChI=1S/C11H16N4OS/c17-11-13-12-10(15(11)7-1-2-7)14-5-8-3-4-9(6-14)16-8/h7-9H,1-6H2,(H,13,17). The Hall–Kier alpha value is -0.880. The Kier molecular flexibility index (Phi) is 2.11. The van der Waals surface area contributed by atoms with Gasteiger partial charge in [0, 0.05) is 19.1 Å². The van der Waals surface area contributed by atoms with E-state index >= 15 is 0 Å². The second-order valence-electron chi connectivity index (χ2n) is 5.29. The number of morpholine rings is 1. The Bertz CT molecular complexity index is 480. The van der Waals surface area contributed by atoms with Gasteiger partial charge >= 0.3 is 0 Å². The van der Waals surface area contributed by atoms with Crippen molar-refractivity contribution in [1.29, 1.82) is 0 Å². The van der Waals surface area contributed by atoms with E-state index in [0.29, 0.717) is 18.2 Å². The molecule has 1 aromatic rings. The first-order chi connectivity index (χ1) is 8.31. The maximum Gasteiger partial charge on any atom is 0.226 e. The Morgan fingerprint density at radius 3 is 2.53 bits per heavy atom. The van der Waals surface area contributed by atoms with Crippen molar-refractivity contribution < 1.29 is 4.74 Å². The van der Waals surface area contributed by atoms with Gasteiger partial charge in [0.1, 0.15) is 0 Å². The fourth-order valence-electron chi connectivity index (χ4n) is 2.96. The van der Waals surface area contributed by atoms with Gasteiger partial charge in [-0.25, -0.2) is 5.10 Å². The summed E-state index contributed by atoms with van der Waals surface area (Å²) >= 11 is 5.32. The van der Waals surface area contributed by atoms with Gasteiger partial charge in [0.05, 0.1) is 12.2 Å². The molecule has 3 heterocycles. The summed E-state index contributed by atoms with van der Waals surface area (Å²) in [7, 11) is 0. The molecule has 1 aromatic heterocycles. The van der Waals surface area contributed by atoms with Crippen LogP contribution in [0.25, 0.3) is 0 Å². The Morgan fingerprint density at radius 1 is 1.18 bits per heavy atom. The molecule has 1 saturated carbocycles. The lowest BCUT2D eigenvalue weighted by Crippen LogP contribution is -2.43. The summed E-state index contributed by atoms with van der Waals surface area (Å²) in [6.45, 7) is 1.92. The fraction of sp³-hybridized carbons (Fsp3) is 0.818. The second kappa shape index (κ2) is 3.55. The minimum Gasteiger partial charge on any atom is -0.371 e. The van der Waals surface area contributed by atoms with Crippen LogP contribution in [0.5, 0.6) is 0 Å². The van der Waals surface area contributed by atoms with Gasteiger partial charge in [0.2, 0.25) is 5.95 Å². The molecule has 3 aliphatic rings. The molecule has 17 heavy (non-hydrogen) atoms. The van der Waals surface area contributed by atoms with Crippen molar-refractivity contribution in [2.45, 2.75) is 43.9 Å². The predicted molar refractivity (Wildman–Crippen MR) is 65.8 cm³/mol. The second-order valence-corrected chi connectivity index (χ2v) is 5.68. The normalized spacial score (nSPS) is 32.1. The number of hydrogen-bond donors (Lipinski definition) is 1. The van der Waals surface area contributed by atoms with E-state index in [1.165, 1.54) is 25.7 Å². The van der Waals surface area contributed by atoms with Crippen molar-refractivity contribution in [3.05, 3.63) is 4.77 Å². The monoisotopic (exact) mass is 252 g/mol. The summed E-state index contributed by atoms with van der Waals surface area (Å²) in [6.07, 6.45) is 5.64. The van der Waals surface area contributed by atoms with Crippen molar-refractivity contribution >= 4 is 18.2 Å². The number of ether oxygens (including phenoxy) is 1. The first-order valence-electron chi connectivity index (χ1n) is 6.38. The van der Waals surface area contributed by atoms with E-state index in [1.54, 1.807) is 0 Å². The van der Waals surface area contributed by atoms with Crippen LogP contribution in [0.2, 0.25) is 0 Å². The van der Waals surface area contributed by atoms with E-state index in [1.807, 2.05) is 0 Å². The average Bonchev–Trinajstić information content (AvgIpc) is 3.01. The highest BCUT2D eigenvalue weighted by Gasteiger charge is 2.37. The molecular formula is C11H16N4OS. The van der Waals surface area contributed by atoms with Crippen molar-refractivity contribution in [2.75, 3.05) is 18.0 Å². The van der Waals surface area contributed by atoms with Crippen molar-refractivity contribution in [3.8, 4) is 0 Å². The molecule has 0 spiro atoms. The number of fused-ring (bicyclic) bond motifs is 2. The molecule has 92 valence electrons. The highest BCUT2D eigenvalue weighted by atomic mass is 32.1. The number of aromatic amines is 1. The summed E-state index contributed by atoms with van der Waals surface area (Å²) in [5.41, 5.74) is 0. The topological polar surface area (TPSA) is 46.1 Å². The lowest BCUT2D eigenvalue weighted by Gasteiger charge is -2.32. The number of anilines is 1. The van der Waals surface area contributed by atoms with Gasteiger partial charge < -0.3 is 9.64 Å². The Balaban J connectivity index is 1.68. The highest BCUT2D eigenvalue weighted by molar-refractivity contribution is 7.71. The molecule has 2 bridgehead atoms. The van der Waals surface area contributed by atoms with Crippen molar-refractivity contribution in [3.63, 3.8) is 0 Å². The molecule has 3 fully saturated rings. The first-order valence-corrected chi connectivity index (χ1v) is 6.79. The maximum absolute atomic E-state index is 5.86. The maximum atomic E-state index is 5.86. The summed E-state index contributed by atoms with van der Waals surface area (Å²) in [4.78, 5) is 2.34. The molecular weight excluding hydrogens is 236 g/mol. The fourth-order valence-corrected chi connectivity index (χ4v) is 3.24. The van der Waals surface area contributed by atoms with Gasteiger partial charge in [-0.3, -0.25) is 4.57 Å². The van der Waals surface area contributed by atoms with Crippen molar-refractivity contribution in [1.82, 2.24) is 14.8 Å². The Morgan fingerprint density at radius 2 is 1.88 bits per heavy atom. The lowest BCUT2D eigenvalue weighted by molar-refractivity contribution is 0.0297. The summed E-state index contributed by atoms with van der Waals surface area (Å²) in [5, 5.41) is 7.35. The molecule has 1 N–H and O–H groups in total. The van der Waals surface area contributed by atoms with Crippen LogP contribution in [0.1, 0.15) is 31.7 Å². The van der Waals surface area contributed by atoms with Crippen LogP contribution in [0.15, 0.2) is 0 Å². The van der Waals surface area contributed by atoms with Crippen LogP contribution < -0.4 is 4.90 Å². The average molecular weight is 252 g/mol. The molecule has 1 aliphatic carbocycles. The van der Waals surface area contributed by atoms with Gasteiger partial charge in [-0.1, -0.05) is 0 Å². The third-order valence-electron chi connectivity index (χ3n) is 3.92. The molecule has 6 heteroatoms. The molecule has 2 aliphatic heterocycles. The van der Waals surface area contributed by atoms with Crippen LogP contribution in [-0.2, 0) is 4.74 Å². The minimum absolute atomic E-state index is 0.395. The molecule has 4 rings (SSSR count). The first kappa shape index (κ1) is 10.1. The number of nitrogens with one attached hydrogen (secondary N) is 1. The molecule has 0 amide bonds. The molecule has 0 radical (unpaired) electrons. The third kappa shape index (κ3) is 1.62. The number of hydrogen-bond acceptors (Lipinski definition) is 4. The van der Waals surface area contributed by atoms with E-state index in [9.17, 15) is 0 Å². The number of nitrogens with zero attached hydrogens (tertiary/aromatic N) is 3. The number of rotatable bonds is 2. The predicted octanol–water partition coefficient (Wildman–Crippen LogP) is 1.64. The summed E-state index contributed by atoms with van der Waals surface area (Å²) in [5.74, 6) is 1.03. The number of H-pyrrole nitrogens is 1. The van der Waals surface area contributed by atoms with E-state index in [2.05, 4.69) is 19.7 Å². The van der Waals surface area contributed by atoms with Crippen LogP contribution >= 0.6 is 12.2 Å². The number of aromatic nitrogens is 3. The zero-order valence-corrected chi connectivity index (χ0v) is 10.4. The van der Waals surface area contributed by atoms with Crippen LogP contribution in [0, 0.1) is 4.77 Å². The highest BCUT2D eigenvalue weighted by Crippen LogP contribution is 2.39. The third-order valence-corrected chi connectivity index (χ3v) is 4.21. The SMILES string of the molecule is S=c1[nH]nc(N2CC3CCC(C2)O3)n1C1CC1. The summed E-state index contributed by atoms with van der Waals surface area (Å²) in [6, 6.07) is 0.580. The van der Waals surface area contributed by atoms with E-state index in [4.69, 9.17) is 17.0 Å². The van der Waals surface area contributed by atoms with Gasteiger partial charge in [0.25, 0.3) is 0 Å². The molecule has 5 nitrogen and oxygen atoms in total. The molecule has 0 aromatic carbocycles. The lowest BCUT2D eigenvalue weighted by atomic mass is 10.2. The van der Waals surface area contributed by atoms with Crippen LogP contribution in [-0.4, -0.2) is 40.1 Å². The van der Waals surface area contributed by atoms with Gasteiger partial charge in [0.15, 0.2) is 4.77 Å². The molecule has 2 saturated heterocycles. The minimum atomic E-state index is 0.395. The Labute approximate surface area is 105 Å². The van der Waals surface area contributed by atoms with Crippen LogP contribution in [0.3, 0.4) is 0 Å². The van der Waals surface area contributed by atoms with Crippen molar-refractivity contribution in [2.24, 2.45) is 0 Å². The van der Waals surface area contributed by atoms with E-state index < -0.39 is 0 Å². The zero-order valence-electron chi connectivity index (χ0n) is 9.63. The molecule has 2 unspecified atom stereocenters. The smallest absolute Gasteiger partial charge is 0.226 e. The van der Waals surface area contributed by atoms with Gasteiger partial charge in [-0.2, -0.15) is 0 Å². The summed E-state index contributed by atoms with van der Waals surface area (Å²) < 4.78 is 8.82. The largest absolute Gasteiger partial charge is 0.371 e. The quantitative estimate of drug-likeness (QED) is 0.813. The van der Waals surface area contributed by atoms with Gasteiger partial charge in [-0.05, 0) is 37.9 Å². The molecule has 2 atom stereocenters. The van der Waals surface area contributed by atoms with E-state index in [-0.39, 0.29) is 0 Å². The van der Waals surface area contributed by atoms with Gasteiger partial charge in [-0.15, -0.1) is 5.10 Å².